The maximum absolute atomic E-state index is 6.04. The lowest BCUT2D eigenvalue weighted by molar-refractivity contribution is 0.0633. The van der Waals surface area contributed by atoms with Gasteiger partial charge in [-0.25, -0.2) is 0 Å². The van der Waals surface area contributed by atoms with Crippen LogP contribution in [0.5, 0.6) is 0 Å². The highest BCUT2D eigenvalue weighted by molar-refractivity contribution is 9.09. The van der Waals surface area contributed by atoms with Crippen LogP contribution in [0.3, 0.4) is 0 Å². The summed E-state index contributed by atoms with van der Waals surface area (Å²) in [6.45, 7) is 12.1. The maximum Gasteiger partial charge on any atom is 0.508 e. The Kier molecular flexibility index (Phi) is 8.87. The molecule has 0 spiro atoms. The minimum absolute atomic E-state index is 0.115. The second-order valence-electron chi connectivity index (χ2n) is 5.17. The van der Waals surface area contributed by atoms with Crippen molar-refractivity contribution in [2.24, 2.45) is 0 Å². The highest BCUT2D eigenvalue weighted by atomic mass is 79.9. The van der Waals surface area contributed by atoms with Crippen molar-refractivity contribution in [3.8, 4) is 0 Å². The molecule has 2 atom stereocenters. The van der Waals surface area contributed by atoms with Gasteiger partial charge in [-0.05, 0) is 38.3 Å². The van der Waals surface area contributed by atoms with Gasteiger partial charge in [0.1, 0.15) is 0 Å². The zero-order valence-corrected chi connectivity index (χ0v) is 17.0. The number of rotatable bonds is 10. The lowest BCUT2D eigenvalue weighted by Gasteiger charge is -2.33. The molecule has 126 valence electrons. The fourth-order valence-electron chi connectivity index (χ4n) is 2.57. The van der Waals surface area contributed by atoms with Crippen molar-refractivity contribution in [1.82, 2.24) is 0 Å². The Balaban J connectivity index is 3.14. The predicted molar refractivity (Wildman–Crippen MR) is 97.4 cm³/mol. The van der Waals surface area contributed by atoms with Gasteiger partial charge in [-0.3, -0.25) is 0 Å². The van der Waals surface area contributed by atoms with Crippen LogP contribution in [-0.2, 0) is 13.3 Å². The maximum atomic E-state index is 6.04. The Labute approximate surface area is 144 Å². The Morgan fingerprint density at radius 1 is 0.955 bits per heavy atom. The molecule has 0 bridgehead atoms. The van der Waals surface area contributed by atoms with E-state index in [1.54, 1.807) is 0 Å². The number of benzene rings is 1. The van der Waals surface area contributed by atoms with Crippen molar-refractivity contribution in [2.75, 3.05) is 19.8 Å². The van der Waals surface area contributed by atoms with Crippen molar-refractivity contribution in [2.45, 2.75) is 51.4 Å². The SMILES string of the molecule is CCO[Si](OCC)(OCC)C(C)c1cccc(C(Br)CC)c1. The molecule has 0 fully saturated rings. The highest BCUT2D eigenvalue weighted by Gasteiger charge is 2.47. The molecule has 0 saturated heterocycles. The van der Waals surface area contributed by atoms with E-state index in [-0.39, 0.29) is 5.54 Å². The number of halogens is 1. The molecule has 1 aromatic carbocycles. The van der Waals surface area contributed by atoms with E-state index in [1.807, 2.05) is 20.8 Å². The van der Waals surface area contributed by atoms with Gasteiger partial charge in [0.2, 0.25) is 0 Å². The first-order valence-electron chi connectivity index (χ1n) is 8.20. The lowest BCUT2D eigenvalue weighted by Crippen LogP contribution is -2.51. The summed E-state index contributed by atoms with van der Waals surface area (Å²) in [7, 11) is -2.72. The zero-order valence-electron chi connectivity index (χ0n) is 14.4. The highest BCUT2D eigenvalue weighted by Crippen LogP contribution is 2.33. The first kappa shape index (κ1) is 19.8. The van der Waals surface area contributed by atoms with Gasteiger partial charge in [0, 0.05) is 24.6 Å². The molecule has 1 rings (SSSR count). The van der Waals surface area contributed by atoms with Gasteiger partial charge < -0.3 is 13.3 Å². The summed E-state index contributed by atoms with van der Waals surface area (Å²) in [6.07, 6.45) is 1.06. The Morgan fingerprint density at radius 3 is 1.91 bits per heavy atom. The topological polar surface area (TPSA) is 27.7 Å². The molecule has 0 aliphatic carbocycles. The molecule has 2 unspecified atom stereocenters. The normalized spacial score (nSPS) is 14.8. The third-order valence-electron chi connectivity index (χ3n) is 3.70. The summed E-state index contributed by atoms with van der Waals surface area (Å²) < 4.78 is 18.1. The zero-order chi connectivity index (χ0) is 16.6. The Bertz CT molecular complexity index is 425. The molecule has 0 aliphatic heterocycles. The van der Waals surface area contributed by atoms with Crippen molar-refractivity contribution in [1.29, 1.82) is 0 Å². The fraction of sp³-hybridized carbons (Fsp3) is 0.647. The van der Waals surface area contributed by atoms with Gasteiger partial charge in [-0.2, -0.15) is 0 Å². The van der Waals surface area contributed by atoms with Crippen LogP contribution < -0.4 is 0 Å². The molecule has 0 radical (unpaired) electrons. The minimum atomic E-state index is -2.72. The first-order valence-corrected chi connectivity index (χ1v) is 10.9. The molecule has 0 amide bonds. The van der Waals surface area contributed by atoms with E-state index in [4.69, 9.17) is 13.3 Å². The van der Waals surface area contributed by atoms with Gasteiger partial charge in [-0.15, -0.1) is 0 Å². The quantitative estimate of drug-likeness (QED) is 0.405. The van der Waals surface area contributed by atoms with E-state index in [2.05, 4.69) is 54.0 Å². The largest absolute Gasteiger partial charge is 0.508 e. The molecule has 0 aromatic heterocycles. The Morgan fingerprint density at radius 2 is 1.45 bits per heavy atom. The van der Waals surface area contributed by atoms with Crippen LogP contribution in [0.1, 0.15) is 62.5 Å². The van der Waals surface area contributed by atoms with Crippen molar-refractivity contribution >= 4 is 24.7 Å². The second kappa shape index (κ2) is 9.83. The van der Waals surface area contributed by atoms with E-state index in [0.717, 1.165) is 6.42 Å². The number of hydrogen-bond donors (Lipinski definition) is 0. The van der Waals surface area contributed by atoms with Gasteiger partial charge in [0.15, 0.2) is 0 Å². The van der Waals surface area contributed by atoms with Crippen LogP contribution in [0, 0.1) is 0 Å². The summed E-state index contributed by atoms with van der Waals surface area (Å²) in [5, 5.41) is 0. The van der Waals surface area contributed by atoms with Crippen molar-refractivity contribution in [3.05, 3.63) is 35.4 Å². The van der Waals surface area contributed by atoms with E-state index in [0.29, 0.717) is 24.6 Å². The Hall–Kier alpha value is -0.203. The molecule has 3 nitrogen and oxygen atoms in total. The fourth-order valence-corrected chi connectivity index (χ4v) is 5.65. The van der Waals surface area contributed by atoms with Crippen LogP contribution in [0.15, 0.2) is 24.3 Å². The molecule has 0 heterocycles. The second-order valence-corrected chi connectivity index (χ2v) is 9.21. The van der Waals surface area contributed by atoms with Gasteiger partial charge in [0.05, 0.1) is 5.54 Å². The van der Waals surface area contributed by atoms with Crippen molar-refractivity contribution < 1.29 is 13.3 Å². The van der Waals surface area contributed by atoms with E-state index in [1.165, 1.54) is 11.1 Å². The predicted octanol–water partition coefficient (Wildman–Crippen LogP) is 5.22. The molecule has 22 heavy (non-hydrogen) atoms. The smallest absolute Gasteiger partial charge is 0.373 e. The van der Waals surface area contributed by atoms with Gasteiger partial charge >= 0.3 is 8.80 Å². The summed E-state index contributed by atoms with van der Waals surface area (Å²) in [4.78, 5) is 0.377. The van der Waals surface area contributed by atoms with Crippen molar-refractivity contribution in [3.63, 3.8) is 0 Å². The molecular weight excluding hydrogens is 360 g/mol. The average molecular weight is 389 g/mol. The molecular formula is C17H29BrO3Si. The van der Waals surface area contributed by atoms with Crippen LogP contribution >= 0.6 is 15.9 Å². The van der Waals surface area contributed by atoms with Crippen LogP contribution in [0.2, 0.25) is 0 Å². The standard InChI is InChI=1S/C17H29BrO3Si/c1-6-17(18)16-12-10-11-15(13-16)14(5)22(19-7-2,20-8-3)21-9-4/h10-14,17H,6-9H2,1-5H3. The van der Waals surface area contributed by atoms with E-state index in [9.17, 15) is 0 Å². The van der Waals surface area contributed by atoms with Crippen LogP contribution in [-0.4, -0.2) is 28.6 Å². The summed E-state index contributed by atoms with van der Waals surface area (Å²) in [5.74, 6) is 0. The molecule has 0 N–H and O–H groups in total. The first-order chi connectivity index (χ1) is 10.5. The third-order valence-corrected chi connectivity index (χ3v) is 8.34. The monoisotopic (exact) mass is 388 g/mol. The molecule has 1 aromatic rings. The van der Waals surface area contributed by atoms with Crippen LogP contribution in [0.4, 0.5) is 0 Å². The third kappa shape index (κ3) is 4.90. The summed E-state index contributed by atoms with van der Waals surface area (Å²) in [6, 6.07) is 8.65. The van der Waals surface area contributed by atoms with Gasteiger partial charge in [-0.1, -0.05) is 54.0 Å². The van der Waals surface area contributed by atoms with Gasteiger partial charge in [0.25, 0.3) is 0 Å². The summed E-state index contributed by atoms with van der Waals surface area (Å²) >= 11 is 3.73. The average Bonchev–Trinajstić information content (AvgIpc) is 2.54. The minimum Gasteiger partial charge on any atom is -0.373 e. The summed E-state index contributed by atoms with van der Waals surface area (Å²) in [5.41, 5.74) is 2.63. The van der Waals surface area contributed by atoms with E-state index < -0.39 is 8.80 Å². The lowest BCUT2D eigenvalue weighted by atomic mass is 10.1. The molecule has 5 heteroatoms. The number of hydrogen-bond acceptors (Lipinski definition) is 3. The molecule has 0 saturated carbocycles. The van der Waals surface area contributed by atoms with Crippen LogP contribution in [0.25, 0.3) is 0 Å². The number of alkyl halides is 1. The molecule has 0 aliphatic rings. The van der Waals surface area contributed by atoms with E-state index >= 15 is 0 Å².